The van der Waals surface area contributed by atoms with E-state index in [0.717, 1.165) is 24.1 Å². The first-order valence-corrected chi connectivity index (χ1v) is 11.3. The fraction of sp³-hybridized carbons (Fsp3) is 0.286. The SMILES string of the molecule is CCOc1ccc(-c2nnc(S(=O)(=O)CC(=O)N3CCCc4ccccc43)o2)cc1. The van der Waals surface area contributed by atoms with Crippen LogP contribution in [0.5, 0.6) is 5.75 Å². The van der Waals surface area contributed by atoms with Crippen molar-refractivity contribution in [2.75, 3.05) is 23.8 Å². The Morgan fingerprint density at radius 1 is 1.13 bits per heavy atom. The third-order valence-electron chi connectivity index (χ3n) is 4.81. The minimum atomic E-state index is -4.07. The van der Waals surface area contributed by atoms with Crippen molar-refractivity contribution in [3.8, 4) is 17.2 Å². The summed E-state index contributed by atoms with van der Waals surface area (Å²) in [5, 5.41) is 6.92. The normalized spacial score (nSPS) is 13.7. The first kappa shape index (κ1) is 20.1. The van der Waals surface area contributed by atoms with Crippen LogP contribution in [0.2, 0.25) is 0 Å². The molecule has 3 aromatic rings. The summed E-state index contributed by atoms with van der Waals surface area (Å²) >= 11 is 0. The van der Waals surface area contributed by atoms with Crippen LogP contribution in [-0.2, 0) is 21.1 Å². The number of rotatable bonds is 6. The standard InChI is InChI=1S/C21H21N3O5S/c1-2-28-17-11-9-16(10-12-17)20-22-23-21(29-20)30(26,27)14-19(25)24-13-5-7-15-6-3-4-8-18(15)24/h3-4,6,8-12H,2,5,7,13-14H2,1H3. The molecule has 8 nitrogen and oxygen atoms in total. The summed E-state index contributed by atoms with van der Waals surface area (Å²) in [6.07, 6.45) is 1.65. The number of hydrogen-bond acceptors (Lipinski definition) is 7. The third-order valence-corrected chi connectivity index (χ3v) is 6.13. The summed E-state index contributed by atoms with van der Waals surface area (Å²) in [7, 11) is -4.07. The molecule has 0 saturated heterocycles. The number of para-hydroxylation sites is 1. The summed E-state index contributed by atoms with van der Waals surface area (Å²) < 4.78 is 36.2. The van der Waals surface area contributed by atoms with Crippen molar-refractivity contribution in [3.63, 3.8) is 0 Å². The van der Waals surface area contributed by atoms with Gasteiger partial charge in [-0.25, -0.2) is 8.42 Å². The number of aryl methyl sites for hydroxylation is 1. The zero-order valence-electron chi connectivity index (χ0n) is 16.4. The fourth-order valence-electron chi connectivity index (χ4n) is 3.41. The number of nitrogens with zero attached hydrogens (tertiary/aromatic N) is 3. The number of amides is 1. The molecule has 9 heteroatoms. The summed E-state index contributed by atoms with van der Waals surface area (Å²) in [4.78, 5) is 14.3. The molecule has 0 atom stereocenters. The van der Waals surface area contributed by atoms with Crippen molar-refractivity contribution < 1.29 is 22.4 Å². The van der Waals surface area contributed by atoms with Crippen molar-refractivity contribution in [2.45, 2.75) is 25.0 Å². The number of benzene rings is 2. The van der Waals surface area contributed by atoms with Gasteiger partial charge in [-0.3, -0.25) is 4.79 Å². The Morgan fingerprint density at radius 2 is 1.90 bits per heavy atom. The van der Waals surface area contributed by atoms with Gasteiger partial charge in [-0.1, -0.05) is 23.3 Å². The van der Waals surface area contributed by atoms with Crippen molar-refractivity contribution in [1.82, 2.24) is 10.2 Å². The molecule has 2 heterocycles. The number of ether oxygens (including phenoxy) is 1. The van der Waals surface area contributed by atoms with Crippen LogP contribution in [0.3, 0.4) is 0 Å². The lowest BCUT2D eigenvalue weighted by Gasteiger charge is -2.29. The highest BCUT2D eigenvalue weighted by atomic mass is 32.2. The monoisotopic (exact) mass is 427 g/mol. The zero-order valence-corrected chi connectivity index (χ0v) is 17.3. The quantitative estimate of drug-likeness (QED) is 0.596. The van der Waals surface area contributed by atoms with Crippen LogP contribution in [0.25, 0.3) is 11.5 Å². The van der Waals surface area contributed by atoms with Gasteiger partial charge in [0.25, 0.3) is 0 Å². The molecule has 1 aliphatic rings. The Labute approximate surface area is 174 Å². The van der Waals surface area contributed by atoms with Gasteiger partial charge in [0.15, 0.2) is 0 Å². The van der Waals surface area contributed by atoms with E-state index in [9.17, 15) is 13.2 Å². The van der Waals surface area contributed by atoms with Crippen LogP contribution in [0.1, 0.15) is 18.9 Å². The lowest BCUT2D eigenvalue weighted by molar-refractivity contribution is -0.116. The van der Waals surface area contributed by atoms with E-state index in [1.807, 2.05) is 31.2 Å². The minimum absolute atomic E-state index is 0.0624. The van der Waals surface area contributed by atoms with Gasteiger partial charge in [0.05, 0.1) is 6.61 Å². The second-order valence-corrected chi connectivity index (χ2v) is 8.73. The van der Waals surface area contributed by atoms with Gasteiger partial charge in [-0.05, 0) is 55.7 Å². The molecule has 0 fully saturated rings. The summed E-state index contributed by atoms with van der Waals surface area (Å²) in [6, 6.07) is 14.4. The van der Waals surface area contributed by atoms with Crippen LogP contribution in [0, 0.1) is 0 Å². The first-order chi connectivity index (χ1) is 14.5. The van der Waals surface area contributed by atoms with Gasteiger partial charge >= 0.3 is 5.22 Å². The zero-order chi connectivity index (χ0) is 21.1. The van der Waals surface area contributed by atoms with Crippen LogP contribution in [0.15, 0.2) is 58.2 Å². The number of sulfone groups is 1. The Morgan fingerprint density at radius 3 is 2.67 bits per heavy atom. The fourth-order valence-corrected chi connectivity index (χ4v) is 4.38. The molecule has 0 spiro atoms. The van der Waals surface area contributed by atoms with Gasteiger partial charge in [0.1, 0.15) is 11.5 Å². The number of carbonyl (C=O) groups excluding carboxylic acids is 1. The van der Waals surface area contributed by atoms with Crippen molar-refractivity contribution in [2.24, 2.45) is 0 Å². The Kier molecular flexibility index (Phi) is 5.54. The topological polar surface area (TPSA) is 103 Å². The number of carbonyl (C=O) groups is 1. The Balaban J connectivity index is 1.51. The first-order valence-electron chi connectivity index (χ1n) is 9.65. The largest absolute Gasteiger partial charge is 0.494 e. The molecule has 1 aliphatic heterocycles. The lowest BCUT2D eigenvalue weighted by atomic mass is 10.0. The number of aromatic nitrogens is 2. The molecule has 30 heavy (non-hydrogen) atoms. The molecule has 0 saturated carbocycles. The van der Waals surface area contributed by atoms with Crippen LogP contribution in [0.4, 0.5) is 5.69 Å². The molecule has 156 valence electrons. The van der Waals surface area contributed by atoms with E-state index in [1.54, 1.807) is 24.3 Å². The van der Waals surface area contributed by atoms with E-state index in [1.165, 1.54) is 4.90 Å². The summed E-state index contributed by atoms with van der Waals surface area (Å²) in [5.41, 5.74) is 2.35. The molecule has 0 radical (unpaired) electrons. The summed E-state index contributed by atoms with van der Waals surface area (Å²) in [6.45, 7) is 2.90. The van der Waals surface area contributed by atoms with Gasteiger partial charge < -0.3 is 14.1 Å². The van der Waals surface area contributed by atoms with E-state index in [4.69, 9.17) is 9.15 Å². The molecule has 1 aromatic heterocycles. The van der Waals surface area contributed by atoms with Gasteiger partial charge in [-0.2, -0.15) is 0 Å². The maximum atomic E-state index is 12.8. The molecular formula is C21H21N3O5S. The van der Waals surface area contributed by atoms with Crippen molar-refractivity contribution in [3.05, 3.63) is 54.1 Å². The van der Waals surface area contributed by atoms with Crippen molar-refractivity contribution in [1.29, 1.82) is 0 Å². The molecule has 1 amide bonds. The smallest absolute Gasteiger partial charge is 0.336 e. The molecule has 2 aromatic carbocycles. The highest BCUT2D eigenvalue weighted by Crippen LogP contribution is 2.28. The Bertz CT molecular complexity index is 1160. The highest BCUT2D eigenvalue weighted by Gasteiger charge is 2.31. The minimum Gasteiger partial charge on any atom is -0.494 e. The van der Waals surface area contributed by atoms with Crippen LogP contribution >= 0.6 is 0 Å². The third kappa shape index (κ3) is 4.06. The predicted octanol–water partition coefficient (Wildman–Crippen LogP) is 2.89. The highest BCUT2D eigenvalue weighted by molar-refractivity contribution is 7.91. The average molecular weight is 427 g/mol. The van der Waals surface area contributed by atoms with E-state index < -0.39 is 26.7 Å². The summed E-state index contributed by atoms with van der Waals surface area (Å²) in [5.74, 6) is -0.497. The lowest BCUT2D eigenvalue weighted by Crippen LogP contribution is -2.39. The molecule has 0 unspecified atom stereocenters. The maximum absolute atomic E-state index is 12.8. The van der Waals surface area contributed by atoms with E-state index >= 15 is 0 Å². The van der Waals surface area contributed by atoms with Gasteiger partial charge in [0, 0.05) is 17.8 Å². The maximum Gasteiger partial charge on any atom is 0.336 e. The van der Waals surface area contributed by atoms with E-state index in [0.29, 0.717) is 24.5 Å². The van der Waals surface area contributed by atoms with Crippen molar-refractivity contribution >= 4 is 21.4 Å². The predicted molar refractivity (Wildman–Crippen MR) is 110 cm³/mol. The van der Waals surface area contributed by atoms with E-state index in [2.05, 4.69) is 10.2 Å². The number of hydrogen-bond donors (Lipinski definition) is 0. The average Bonchev–Trinajstić information content (AvgIpc) is 3.25. The molecule has 0 bridgehead atoms. The van der Waals surface area contributed by atoms with Gasteiger partial charge in [-0.15, -0.1) is 5.10 Å². The van der Waals surface area contributed by atoms with E-state index in [-0.39, 0.29) is 5.89 Å². The second kappa shape index (κ2) is 8.27. The van der Waals surface area contributed by atoms with Crippen LogP contribution < -0.4 is 9.64 Å². The molecular weight excluding hydrogens is 406 g/mol. The van der Waals surface area contributed by atoms with Crippen LogP contribution in [-0.4, -0.2) is 43.4 Å². The number of fused-ring (bicyclic) bond motifs is 1. The number of anilines is 1. The molecule has 0 aliphatic carbocycles. The second-order valence-electron chi connectivity index (χ2n) is 6.87. The van der Waals surface area contributed by atoms with Gasteiger partial charge in [0.2, 0.25) is 21.6 Å². The molecule has 0 N–H and O–H groups in total. The molecule has 4 rings (SSSR count). The Hall–Kier alpha value is -3.20.